The molecule has 4 rings (SSSR count). The van der Waals surface area contributed by atoms with E-state index in [4.69, 9.17) is 16.3 Å². The highest BCUT2D eigenvalue weighted by Crippen LogP contribution is 2.22. The fourth-order valence-electron chi connectivity index (χ4n) is 3.11. The number of nitrogens with one attached hydrogen (secondary N) is 1. The van der Waals surface area contributed by atoms with Crippen molar-refractivity contribution in [1.29, 1.82) is 0 Å². The molecule has 0 saturated heterocycles. The zero-order valence-electron chi connectivity index (χ0n) is 15.8. The number of anilines is 1. The molecule has 0 bridgehead atoms. The number of ether oxygens (including phenoxy) is 1. The van der Waals surface area contributed by atoms with Gasteiger partial charge >= 0.3 is 0 Å². The summed E-state index contributed by atoms with van der Waals surface area (Å²) in [5.41, 5.74) is 2.16. The van der Waals surface area contributed by atoms with E-state index < -0.39 is 17.7 Å². The van der Waals surface area contributed by atoms with Gasteiger partial charge in [0.05, 0.1) is 11.1 Å². The number of hydrogen-bond donors (Lipinski definition) is 1. The highest BCUT2D eigenvalue weighted by atomic mass is 35.5. The molecule has 150 valence electrons. The van der Waals surface area contributed by atoms with E-state index in [1.165, 1.54) is 0 Å². The SMILES string of the molecule is O=C(CN1C(=O)c2ccccc2C1=O)Nc1ccc(OCc2ccc(Cl)cc2)cc1. The highest BCUT2D eigenvalue weighted by molar-refractivity contribution is 6.30. The van der Waals surface area contributed by atoms with Gasteiger partial charge in [-0.15, -0.1) is 0 Å². The number of carbonyl (C=O) groups excluding carboxylic acids is 3. The van der Waals surface area contributed by atoms with Crippen LogP contribution in [0.1, 0.15) is 26.3 Å². The van der Waals surface area contributed by atoms with Gasteiger partial charge in [0.25, 0.3) is 11.8 Å². The summed E-state index contributed by atoms with van der Waals surface area (Å²) in [7, 11) is 0. The third-order valence-corrected chi connectivity index (χ3v) is 4.89. The Bertz CT molecular complexity index is 1080. The van der Waals surface area contributed by atoms with Crippen LogP contribution in [0.15, 0.2) is 72.8 Å². The van der Waals surface area contributed by atoms with Gasteiger partial charge < -0.3 is 10.1 Å². The quantitative estimate of drug-likeness (QED) is 0.608. The fraction of sp³-hybridized carbons (Fsp3) is 0.0870. The second-order valence-corrected chi connectivity index (χ2v) is 7.17. The van der Waals surface area contributed by atoms with Crippen LogP contribution in [-0.4, -0.2) is 29.2 Å². The lowest BCUT2D eigenvalue weighted by Gasteiger charge is -2.14. The van der Waals surface area contributed by atoms with E-state index in [0.29, 0.717) is 34.2 Å². The van der Waals surface area contributed by atoms with Crippen molar-refractivity contribution < 1.29 is 19.1 Å². The first-order chi connectivity index (χ1) is 14.5. The number of amides is 3. The molecule has 30 heavy (non-hydrogen) atoms. The molecule has 1 heterocycles. The van der Waals surface area contributed by atoms with Crippen molar-refractivity contribution >= 4 is 35.0 Å². The van der Waals surface area contributed by atoms with Crippen LogP contribution in [0.2, 0.25) is 5.02 Å². The summed E-state index contributed by atoms with van der Waals surface area (Å²) in [6.45, 7) is 0.0454. The van der Waals surface area contributed by atoms with E-state index in [2.05, 4.69) is 5.32 Å². The molecule has 0 radical (unpaired) electrons. The number of carbonyl (C=O) groups is 3. The van der Waals surface area contributed by atoms with E-state index in [1.54, 1.807) is 60.7 Å². The second kappa shape index (κ2) is 8.39. The van der Waals surface area contributed by atoms with Crippen molar-refractivity contribution in [2.24, 2.45) is 0 Å². The number of imide groups is 1. The van der Waals surface area contributed by atoms with Gasteiger partial charge in [0, 0.05) is 10.7 Å². The largest absolute Gasteiger partial charge is 0.489 e. The Morgan fingerprint density at radius 3 is 2.07 bits per heavy atom. The lowest BCUT2D eigenvalue weighted by atomic mass is 10.1. The Balaban J connectivity index is 1.32. The molecule has 0 aliphatic carbocycles. The van der Waals surface area contributed by atoms with E-state index in [0.717, 1.165) is 10.5 Å². The van der Waals surface area contributed by atoms with Crippen LogP contribution in [-0.2, 0) is 11.4 Å². The van der Waals surface area contributed by atoms with E-state index in [9.17, 15) is 14.4 Å². The van der Waals surface area contributed by atoms with Crippen molar-refractivity contribution in [3.8, 4) is 5.75 Å². The maximum atomic E-state index is 12.3. The van der Waals surface area contributed by atoms with Crippen LogP contribution < -0.4 is 10.1 Å². The Morgan fingerprint density at radius 1 is 0.867 bits per heavy atom. The Kier molecular flexibility index (Phi) is 5.50. The standard InChI is InChI=1S/C23H17ClN2O4/c24-16-7-5-15(6-8-16)14-30-18-11-9-17(10-12-18)25-21(27)13-26-22(28)19-3-1-2-4-20(19)23(26)29/h1-12H,13-14H2,(H,25,27). The van der Waals surface area contributed by atoms with Gasteiger partial charge in [-0.25, -0.2) is 0 Å². The lowest BCUT2D eigenvalue weighted by molar-refractivity contribution is -0.116. The summed E-state index contributed by atoms with van der Waals surface area (Å²) in [6.07, 6.45) is 0. The highest BCUT2D eigenvalue weighted by Gasteiger charge is 2.36. The maximum absolute atomic E-state index is 12.3. The summed E-state index contributed by atoms with van der Waals surface area (Å²) in [6, 6.07) is 20.7. The minimum atomic E-state index is -0.461. The second-order valence-electron chi connectivity index (χ2n) is 6.73. The number of nitrogens with zero attached hydrogens (tertiary/aromatic N) is 1. The summed E-state index contributed by atoms with van der Waals surface area (Å²) >= 11 is 5.87. The minimum absolute atomic E-state index is 0.317. The topological polar surface area (TPSA) is 75.7 Å². The predicted molar refractivity (Wildman–Crippen MR) is 113 cm³/mol. The van der Waals surface area contributed by atoms with Gasteiger partial charge in [0.1, 0.15) is 18.9 Å². The predicted octanol–water partition coefficient (Wildman–Crippen LogP) is 4.15. The molecule has 0 atom stereocenters. The maximum Gasteiger partial charge on any atom is 0.262 e. The normalized spacial score (nSPS) is 12.6. The molecular formula is C23H17ClN2O4. The van der Waals surface area contributed by atoms with Crippen LogP contribution in [0.3, 0.4) is 0 Å². The monoisotopic (exact) mass is 420 g/mol. The Labute approximate surface area is 178 Å². The molecule has 3 amide bonds. The molecule has 0 fully saturated rings. The van der Waals surface area contributed by atoms with E-state index >= 15 is 0 Å². The molecule has 0 aromatic heterocycles. The van der Waals surface area contributed by atoms with Crippen molar-refractivity contribution in [2.45, 2.75) is 6.61 Å². The first-order valence-electron chi connectivity index (χ1n) is 9.23. The first kappa shape index (κ1) is 19.7. The molecule has 7 heteroatoms. The van der Waals surface area contributed by atoms with Crippen LogP contribution >= 0.6 is 11.6 Å². The molecule has 0 saturated carbocycles. The van der Waals surface area contributed by atoms with Gasteiger partial charge in [-0.2, -0.15) is 0 Å². The third kappa shape index (κ3) is 4.18. The number of benzene rings is 3. The molecule has 3 aromatic rings. The molecule has 1 aliphatic heterocycles. The summed E-state index contributed by atoms with van der Waals surface area (Å²) in [4.78, 5) is 38.0. The Morgan fingerprint density at radius 2 is 1.47 bits per heavy atom. The Hall–Kier alpha value is -3.64. The molecule has 0 spiro atoms. The zero-order valence-corrected chi connectivity index (χ0v) is 16.6. The van der Waals surface area contributed by atoms with Gasteiger partial charge in [-0.1, -0.05) is 35.9 Å². The lowest BCUT2D eigenvalue weighted by Crippen LogP contribution is -2.37. The van der Waals surface area contributed by atoms with Crippen molar-refractivity contribution in [3.63, 3.8) is 0 Å². The summed E-state index contributed by atoms with van der Waals surface area (Å²) in [5.74, 6) is -0.740. The van der Waals surface area contributed by atoms with Crippen molar-refractivity contribution in [3.05, 3.63) is 94.5 Å². The molecule has 1 aliphatic rings. The summed E-state index contributed by atoms with van der Waals surface area (Å²) in [5, 5.41) is 3.36. The van der Waals surface area contributed by atoms with Gasteiger partial charge in [-0.05, 0) is 54.1 Å². The number of rotatable bonds is 6. The zero-order chi connectivity index (χ0) is 21.1. The fourth-order valence-corrected chi connectivity index (χ4v) is 3.23. The average Bonchev–Trinajstić information content (AvgIpc) is 2.99. The summed E-state index contributed by atoms with van der Waals surface area (Å²) < 4.78 is 5.71. The molecular weight excluding hydrogens is 404 g/mol. The minimum Gasteiger partial charge on any atom is -0.489 e. The van der Waals surface area contributed by atoms with Crippen molar-refractivity contribution in [1.82, 2.24) is 4.90 Å². The van der Waals surface area contributed by atoms with Gasteiger partial charge in [-0.3, -0.25) is 19.3 Å². The first-order valence-corrected chi connectivity index (χ1v) is 9.61. The average molecular weight is 421 g/mol. The molecule has 0 unspecified atom stereocenters. The molecule has 1 N–H and O–H groups in total. The van der Waals surface area contributed by atoms with E-state index in [1.807, 2.05) is 12.1 Å². The van der Waals surface area contributed by atoms with Crippen LogP contribution in [0.25, 0.3) is 0 Å². The van der Waals surface area contributed by atoms with Crippen LogP contribution in [0.4, 0.5) is 5.69 Å². The molecule has 6 nitrogen and oxygen atoms in total. The number of hydrogen-bond acceptors (Lipinski definition) is 4. The smallest absolute Gasteiger partial charge is 0.262 e. The van der Waals surface area contributed by atoms with Crippen LogP contribution in [0.5, 0.6) is 5.75 Å². The van der Waals surface area contributed by atoms with Crippen molar-refractivity contribution in [2.75, 3.05) is 11.9 Å². The van der Waals surface area contributed by atoms with E-state index in [-0.39, 0.29) is 6.54 Å². The van der Waals surface area contributed by atoms with Gasteiger partial charge in [0.2, 0.25) is 5.91 Å². The third-order valence-electron chi connectivity index (χ3n) is 4.64. The van der Waals surface area contributed by atoms with Gasteiger partial charge in [0.15, 0.2) is 0 Å². The molecule has 3 aromatic carbocycles. The van der Waals surface area contributed by atoms with Crippen LogP contribution in [0, 0.1) is 0 Å². The number of fused-ring (bicyclic) bond motifs is 1. The number of halogens is 1.